The second kappa shape index (κ2) is 21.5. The molecule has 21 nitrogen and oxygen atoms in total. The van der Waals surface area contributed by atoms with Crippen LogP contribution in [0, 0.1) is 5.41 Å². The molecule has 57 heavy (non-hydrogen) atoms. The van der Waals surface area contributed by atoms with Crippen molar-refractivity contribution in [1.29, 1.82) is 0 Å². The van der Waals surface area contributed by atoms with Gasteiger partial charge in [-0.3, -0.25) is 0 Å². The lowest BCUT2D eigenvalue weighted by Gasteiger charge is -2.29. The van der Waals surface area contributed by atoms with E-state index in [1.807, 2.05) is 0 Å². The Labute approximate surface area is 324 Å². The molecule has 0 atom stereocenters. The maximum atomic E-state index is 12.7. The predicted octanol–water partition coefficient (Wildman–Crippen LogP) is 5.21. The number of methoxy groups -OCH3 is 6. The summed E-state index contributed by atoms with van der Waals surface area (Å²) in [6.07, 6.45) is -4.80. The third-order valence-electron chi connectivity index (χ3n) is 7.69. The molecular weight excluding hydrogens is 768 g/mol. The molecule has 0 saturated carbocycles. The van der Waals surface area contributed by atoms with Gasteiger partial charge in [0.05, 0.1) is 48.1 Å². The van der Waals surface area contributed by atoms with Gasteiger partial charge < -0.3 is 42.6 Å². The van der Waals surface area contributed by atoms with Gasteiger partial charge in [-0.25, -0.2) is 43.7 Å². The van der Waals surface area contributed by atoms with Crippen molar-refractivity contribution in [3.05, 3.63) is 71.3 Å². The van der Waals surface area contributed by atoms with Crippen LogP contribution in [-0.2, 0) is 43.5 Å². The summed E-state index contributed by atoms with van der Waals surface area (Å²) in [4.78, 5) is 103. The Bertz CT molecular complexity index is 1610. The van der Waals surface area contributed by atoms with Crippen molar-refractivity contribution in [1.82, 2.24) is 0 Å². The lowest BCUT2D eigenvalue weighted by molar-refractivity contribution is -0.217. The van der Waals surface area contributed by atoms with Crippen LogP contribution in [0.15, 0.2) is 54.6 Å². The number of benzene rings is 3. The normalized spacial score (nSPS) is 10.4. The maximum absolute atomic E-state index is 12.7. The van der Waals surface area contributed by atoms with Gasteiger partial charge >= 0.3 is 36.4 Å². The Kier molecular flexibility index (Phi) is 16.7. The average molecular weight is 807 g/mol. The largest absolute Gasteiger partial charge is 0.549 e. The summed E-state index contributed by atoms with van der Waals surface area (Å²) in [5.74, 6) is -3.36. The second-order valence-electron chi connectivity index (χ2n) is 10.9. The highest BCUT2D eigenvalue weighted by Crippen LogP contribution is 2.32. The molecule has 0 spiro atoms. The summed E-state index contributed by atoms with van der Waals surface area (Å²) >= 11 is 0. The fourth-order valence-electron chi connectivity index (χ4n) is 4.64. The van der Waals surface area contributed by atoms with Crippen molar-refractivity contribution in [2.45, 2.75) is 13.3 Å². The fraction of sp³-hybridized carbons (Fsp3) is 0.333. The van der Waals surface area contributed by atoms with E-state index in [0.29, 0.717) is 0 Å². The van der Waals surface area contributed by atoms with E-state index in [9.17, 15) is 28.8 Å². The van der Waals surface area contributed by atoms with E-state index in [0.717, 1.165) is 0 Å². The first-order valence-electron chi connectivity index (χ1n) is 16.2. The van der Waals surface area contributed by atoms with Gasteiger partial charge in [-0.15, -0.1) is 0 Å². The smallest absolute Gasteiger partial charge is 0.496 e. The van der Waals surface area contributed by atoms with Crippen LogP contribution in [0.5, 0.6) is 34.5 Å². The zero-order valence-corrected chi connectivity index (χ0v) is 31.6. The molecule has 0 aliphatic rings. The van der Waals surface area contributed by atoms with Crippen molar-refractivity contribution >= 4 is 36.4 Å². The van der Waals surface area contributed by atoms with Gasteiger partial charge in [-0.2, -0.15) is 14.4 Å². The number of hydrogen-bond donors (Lipinski definition) is 0. The molecular formula is C36H38O21. The molecule has 3 aromatic carbocycles. The molecule has 0 aliphatic carbocycles. The van der Waals surface area contributed by atoms with E-state index in [-0.39, 0.29) is 57.6 Å². The Morgan fingerprint density at radius 2 is 0.632 bits per heavy atom. The van der Waals surface area contributed by atoms with E-state index in [4.69, 9.17) is 42.6 Å². The lowest BCUT2D eigenvalue weighted by atomic mass is 9.88. The highest BCUT2D eigenvalue weighted by molar-refractivity contribution is 5.97. The van der Waals surface area contributed by atoms with Gasteiger partial charge in [0.1, 0.15) is 71.0 Å². The first-order chi connectivity index (χ1) is 27.4. The van der Waals surface area contributed by atoms with Crippen LogP contribution in [0.1, 0.15) is 44.4 Å². The summed E-state index contributed by atoms with van der Waals surface area (Å²) in [7, 11) is 7.69. The van der Waals surface area contributed by atoms with E-state index >= 15 is 0 Å². The van der Waals surface area contributed by atoms with Crippen molar-refractivity contribution in [2.75, 3.05) is 62.5 Å². The summed E-state index contributed by atoms with van der Waals surface area (Å²) in [5.41, 5.74) is -2.29. The van der Waals surface area contributed by atoms with Crippen molar-refractivity contribution in [2.24, 2.45) is 5.41 Å². The minimum absolute atomic E-state index is 0.0369. The summed E-state index contributed by atoms with van der Waals surface area (Å²) < 4.78 is 46.0. The zero-order chi connectivity index (χ0) is 42.0. The quantitative estimate of drug-likeness (QED) is 0.0780. The fourth-order valence-corrected chi connectivity index (χ4v) is 4.64. The average Bonchev–Trinajstić information content (AvgIpc) is 3.25. The summed E-state index contributed by atoms with van der Waals surface area (Å²) in [5, 5.41) is 0. The molecule has 3 aromatic rings. The third-order valence-corrected chi connectivity index (χ3v) is 7.69. The van der Waals surface area contributed by atoms with E-state index in [1.165, 1.54) is 104 Å². The standard InChI is InChI=1S/C36H38O21/c1-8-36(18-49-33(40)55-52-30(37)27-21(43-2)12-9-13-22(27)44-3,19-50-34(41)56-53-31(38)28-23(45-4)14-10-15-24(28)46-5)20-51-35(42)57-54-32(39)29-25(47-6)16-11-17-26(29)48-7/h9-17H,8,18-20H2,1-7H3. The summed E-state index contributed by atoms with van der Waals surface area (Å²) in [6, 6.07) is 13.2. The van der Waals surface area contributed by atoms with E-state index in [1.54, 1.807) is 0 Å². The van der Waals surface area contributed by atoms with Crippen molar-refractivity contribution in [3.63, 3.8) is 0 Å². The predicted molar refractivity (Wildman–Crippen MR) is 185 cm³/mol. The molecule has 0 fully saturated rings. The lowest BCUT2D eigenvalue weighted by Crippen LogP contribution is -2.39. The highest BCUT2D eigenvalue weighted by atomic mass is 17.2. The Morgan fingerprint density at radius 1 is 0.404 bits per heavy atom. The molecule has 0 radical (unpaired) electrons. The topological polar surface area (TPSA) is 241 Å². The minimum atomic E-state index is -1.64. The van der Waals surface area contributed by atoms with Gasteiger partial charge in [0, 0.05) is 0 Å². The second-order valence-corrected chi connectivity index (χ2v) is 10.9. The first-order valence-corrected chi connectivity index (χ1v) is 16.2. The van der Waals surface area contributed by atoms with Crippen LogP contribution >= 0.6 is 0 Å². The van der Waals surface area contributed by atoms with Crippen LogP contribution in [0.2, 0.25) is 0 Å². The van der Waals surface area contributed by atoms with Gasteiger partial charge in [0.25, 0.3) is 0 Å². The van der Waals surface area contributed by atoms with E-state index in [2.05, 4.69) is 29.3 Å². The van der Waals surface area contributed by atoms with Crippen molar-refractivity contribution in [3.8, 4) is 34.5 Å². The molecule has 3 rings (SSSR count). The maximum Gasteiger partial charge on any atom is 0.549 e. The molecule has 308 valence electrons. The van der Waals surface area contributed by atoms with Gasteiger partial charge in [0.15, 0.2) is 0 Å². The minimum Gasteiger partial charge on any atom is -0.496 e. The SMILES string of the molecule is CCC(COC(=O)OOC(=O)c1c(OC)cccc1OC)(COC(=O)OOC(=O)c1c(OC)cccc1OC)COC(=O)OOC(=O)c1c(OC)cccc1OC. The van der Waals surface area contributed by atoms with Gasteiger partial charge in [-0.05, 0) is 42.8 Å². The highest BCUT2D eigenvalue weighted by Gasteiger charge is 2.37. The third kappa shape index (κ3) is 11.8. The summed E-state index contributed by atoms with van der Waals surface area (Å²) in [6.45, 7) is -0.757. The monoisotopic (exact) mass is 806 g/mol. The van der Waals surface area contributed by atoms with Crippen LogP contribution in [0.3, 0.4) is 0 Å². The molecule has 0 unspecified atom stereocenters. The molecule has 0 aromatic heterocycles. The Hall–Kier alpha value is -7.32. The number of carbonyl (C=O) groups is 6. The van der Waals surface area contributed by atoms with Crippen LogP contribution in [0.25, 0.3) is 0 Å². The van der Waals surface area contributed by atoms with Gasteiger partial charge in [-0.1, -0.05) is 25.1 Å². The molecule has 0 amide bonds. The van der Waals surface area contributed by atoms with Crippen LogP contribution in [0.4, 0.5) is 14.4 Å². The number of hydrogen-bond acceptors (Lipinski definition) is 21. The van der Waals surface area contributed by atoms with Crippen LogP contribution < -0.4 is 28.4 Å². The molecule has 0 saturated heterocycles. The Morgan fingerprint density at radius 3 is 0.825 bits per heavy atom. The molecule has 21 heteroatoms. The number of rotatable bonds is 16. The first kappa shape index (κ1) is 44.1. The molecule has 0 aliphatic heterocycles. The van der Waals surface area contributed by atoms with Gasteiger partial charge in [0.2, 0.25) is 0 Å². The number of carbonyl (C=O) groups excluding carboxylic acids is 6. The zero-order valence-electron chi connectivity index (χ0n) is 31.6. The molecule has 0 N–H and O–H groups in total. The molecule has 0 bridgehead atoms. The Balaban J connectivity index is 1.70. The molecule has 0 heterocycles. The van der Waals surface area contributed by atoms with Crippen LogP contribution in [-0.4, -0.2) is 98.9 Å². The van der Waals surface area contributed by atoms with E-state index < -0.39 is 61.6 Å². The van der Waals surface area contributed by atoms with Crippen molar-refractivity contribution < 1.29 is 101 Å². The number of ether oxygens (including phenoxy) is 9.